The molecule has 0 bridgehead atoms. The van der Waals surface area contributed by atoms with Crippen LogP contribution in [-0.2, 0) is 7.87 Å². The molecule has 0 amide bonds. The molecule has 0 unspecified atom stereocenters. The van der Waals surface area contributed by atoms with Crippen molar-refractivity contribution >= 4 is 47.4 Å². The van der Waals surface area contributed by atoms with E-state index in [0.29, 0.717) is 0 Å². The van der Waals surface area contributed by atoms with Crippen LogP contribution in [0.5, 0.6) is 0 Å². The number of rotatable bonds is 11. The number of carbonyl (C=O) groups is 1. The summed E-state index contributed by atoms with van der Waals surface area (Å²) in [4.78, 5) is 11.9. The topological polar surface area (TPSA) is 26.3 Å². The summed E-state index contributed by atoms with van der Waals surface area (Å²) >= 11 is -0.618. The molecule has 19 heavy (non-hydrogen) atoms. The molecule has 112 valence electrons. The van der Waals surface area contributed by atoms with E-state index in [4.69, 9.17) is 3.07 Å². The van der Waals surface area contributed by atoms with Gasteiger partial charge in [-0.05, 0) is 0 Å². The van der Waals surface area contributed by atoms with Crippen molar-refractivity contribution in [3.05, 3.63) is 10.2 Å². The van der Waals surface area contributed by atoms with E-state index in [1.165, 1.54) is 51.8 Å². The second-order valence-corrected chi connectivity index (χ2v) is 17.5. The maximum absolute atomic E-state index is 11.9. The van der Waals surface area contributed by atoms with Crippen LogP contribution in [0.1, 0.15) is 59.3 Å². The van der Waals surface area contributed by atoms with Gasteiger partial charge < -0.3 is 0 Å². The number of hydrogen-bond acceptors (Lipinski definition) is 2. The first-order chi connectivity index (χ1) is 9.14. The van der Waals surface area contributed by atoms with Gasteiger partial charge in [-0.2, -0.15) is 0 Å². The van der Waals surface area contributed by atoms with Gasteiger partial charge in [0.25, 0.3) is 0 Å². The van der Waals surface area contributed by atoms with Gasteiger partial charge in [0, 0.05) is 0 Å². The molecule has 0 radical (unpaired) electrons. The summed E-state index contributed by atoms with van der Waals surface area (Å²) in [6, 6.07) is 0. The quantitative estimate of drug-likeness (QED) is 0.209. The second-order valence-electron chi connectivity index (χ2n) is 5.21. The van der Waals surface area contributed by atoms with E-state index in [1.807, 2.05) is 0 Å². The Bertz CT molecular complexity index is 245. The molecule has 0 atom stereocenters. The van der Waals surface area contributed by atoms with Crippen molar-refractivity contribution in [1.82, 2.24) is 0 Å². The first kappa shape index (κ1) is 19.7. The zero-order chi connectivity index (χ0) is 14.6. The first-order valence-electron chi connectivity index (χ1n) is 7.63. The van der Waals surface area contributed by atoms with Crippen molar-refractivity contribution in [3.8, 4) is 0 Å². The fourth-order valence-electron chi connectivity index (χ4n) is 2.32. The fraction of sp³-hybridized carbons (Fsp3) is 0.800. The Morgan fingerprint density at radius 1 is 1.00 bits per heavy atom. The van der Waals surface area contributed by atoms with E-state index in [1.54, 1.807) is 10.2 Å². The molecule has 0 spiro atoms. The molecule has 0 aromatic heterocycles. The van der Waals surface area contributed by atoms with Crippen LogP contribution in [0, 0.1) is 0 Å². The van der Waals surface area contributed by atoms with E-state index in [-0.39, 0.29) is 5.97 Å². The summed E-state index contributed by atoms with van der Waals surface area (Å²) in [6.07, 6.45) is 8.88. The summed E-state index contributed by atoms with van der Waals surface area (Å²) in [5, 5.41) is 0. The van der Waals surface area contributed by atoms with Crippen LogP contribution in [0.15, 0.2) is 10.2 Å². The summed E-state index contributed by atoms with van der Waals surface area (Å²) < 4.78 is 11.5. The van der Waals surface area contributed by atoms with Crippen LogP contribution in [0.4, 0.5) is 0 Å². The van der Waals surface area contributed by atoms with E-state index >= 15 is 0 Å². The first-order valence-corrected chi connectivity index (χ1v) is 16.1. The van der Waals surface area contributed by atoms with Gasteiger partial charge in [0.2, 0.25) is 0 Å². The molecule has 0 aliphatic rings. The molecular formula is C15H29IO2Sn. The van der Waals surface area contributed by atoms with E-state index in [2.05, 4.69) is 43.4 Å². The molecule has 0 fully saturated rings. The predicted molar refractivity (Wildman–Crippen MR) is 94.2 cm³/mol. The Morgan fingerprint density at radius 2 is 1.42 bits per heavy atom. The predicted octanol–water partition coefficient (Wildman–Crippen LogP) is 5.82. The molecule has 2 nitrogen and oxygen atoms in total. The molecule has 0 aromatic rings. The summed E-state index contributed by atoms with van der Waals surface area (Å²) in [7, 11) is 0. The Kier molecular flexibility index (Phi) is 13.0. The molecule has 0 rings (SSSR count). The van der Waals surface area contributed by atoms with Crippen LogP contribution in [0.2, 0.25) is 13.3 Å². The van der Waals surface area contributed by atoms with Crippen LogP contribution in [0.3, 0.4) is 0 Å². The molecule has 0 aliphatic carbocycles. The molecule has 0 heterocycles. The maximum atomic E-state index is 11.9. The second kappa shape index (κ2) is 12.5. The standard InChI is InChI=1S/3C4H9.C3H3IO2.Sn/c3*1-3-4-2;4-2-1-3(5)6;/h3*1,3-4H2,2H3;1-2H,(H,5,6);/q;;;;+1/p-1/b;;;2-1-;. The van der Waals surface area contributed by atoms with Crippen molar-refractivity contribution in [3.63, 3.8) is 0 Å². The normalized spacial score (nSPS) is 12.0. The van der Waals surface area contributed by atoms with Gasteiger partial charge >= 0.3 is 138 Å². The SMILES string of the molecule is CCC[CH2][Sn]([CH2]CCC)([CH2]CCC)[O]C(=O)/C=C\I. The Hall–Kier alpha value is 0.739. The van der Waals surface area contributed by atoms with E-state index < -0.39 is 18.8 Å². The Labute approximate surface area is 137 Å². The number of hydrogen-bond donors (Lipinski definition) is 0. The van der Waals surface area contributed by atoms with Crippen LogP contribution in [-0.4, -0.2) is 24.8 Å². The summed E-state index contributed by atoms with van der Waals surface area (Å²) in [5.74, 6) is -0.0893. The monoisotopic (exact) mass is 488 g/mol. The number of carbonyl (C=O) groups excluding carboxylic acids is 1. The van der Waals surface area contributed by atoms with Gasteiger partial charge in [0.1, 0.15) is 0 Å². The molecule has 0 N–H and O–H groups in total. The number of unbranched alkanes of at least 4 members (excludes halogenated alkanes) is 3. The number of halogens is 1. The minimum absolute atomic E-state index is 0.0893. The van der Waals surface area contributed by atoms with Crippen molar-refractivity contribution in [2.45, 2.75) is 72.6 Å². The third-order valence-electron chi connectivity index (χ3n) is 3.47. The van der Waals surface area contributed by atoms with E-state index in [9.17, 15) is 4.79 Å². The molecular weight excluding hydrogens is 458 g/mol. The van der Waals surface area contributed by atoms with Crippen LogP contribution >= 0.6 is 22.6 Å². The summed E-state index contributed by atoms with van der Waals surface area (Å²) in [5.41, 5.74) is 0. The van der Waals surface area contributed by atoms with Crippen LogP contribution in [0.25, 0.3) is 0 Å². The zero-order valence-corrected chi connectivity index (χ0v) is 17.7. The van der Waals surface area contributed by atoms with Gasteiger partial charge in [0.15, 0.2) is 0 Å². The molecule has 0 saturated heterocycles. The van der Waals surface area contributed by atoms with Gasteiger partial charge in [0.05, 0.1) is 0 Å². The van der Waals surface area contributed by atoms with Gasteiger partial charge in [-0.3, -0.25) is 0 Å². The third-order valence-corrected chi connectivity index (χ3v) is 16.5. The van der Waals surface area contributed by atoms with Gasteiger partial charge in [-0.15, -0.1) is 0 Å². The zero-order valence-electron chi connectivity index (χ0n) is 12.7. The Balaban J connectivity index is 4.79. The van der Waals surface area contributed by atoms with Crippen molar-refractivity contribution in [2.24, 2.45) is 0 Å². The average molecular weight is 487 g/mol. The third kappa shape index (κ3) is 9.32. The van der Waals surface area contributed by atoms with Gasteiger partial charge in [-0.1, -0.05) is 0 Å². The summed E-state index contributed by atoms with van der Waals surface area (Å²) in [6.45, 7) is 6.68. The Morgan fingerprint density at radius 3 is 1.74 bits per heavy atom. The van der Waals surface area contributed by atoms with Crippen molar-refractivity contribution < 1.29 is 7.87 Å². The van der Waals surface area contributed by atoms with Crippen molar-refractivity contribution in [1.29, 1.82) is 0 Å². The average Bonchev–Trinajstić information content (AvgIpc) is 2.40. The van der Waals surface area contributed by atoms with Crippen molar-refractivity contribution in [2.75, 3.05) is 0 Å². The van der Waals surface area contributed by atoms with Crippen LogP contribution < -0.4 is 0 Å². The van der Waals surface area contributed by atoms with Gasteiger partial charge in [-0.25, -0.2) is 0 Å². The molecule has 0 aliphatic heterocycles. The molecule has 4 heteroatoms. The molecule has 0 aromatic carbocycles. The fourth-order valence-corrected chi connectivity index (χ4v) is 15.6. The van der Waals surface area contributed by atoms with E-state index in [0.717, 1.165) is 0 Å². The molecule has 0 saturated carbocycles. The minimum atomic E-state index is -2.70.